The monoisotopic (exact) mass is 345 g/mol. The molecule has 0 atom stereocenters. The Bertz CT molecular complexity index is 849. The van der Waals surface area contributed by atoms with Crippen molar-refractivity contribution in [3.63, 3.8) is 0 Å². The van der Waals surface area contributed by atoms with Crippen molar-refractivity contribution >= 4 is 38.5 Å². The first-order valence-electron chi connectivity index (χ1n) is 5.71. The van der Waals surface area contributed by atoms with Gasteiger partial charge in [0.2, 0.25) is 5.76 Å². The Kier molecular flexibility index (Phi) is 3.97. The molecule has 1 aromatic carbocycles. The number of nitriles is 2. The van der Waals surface area contributed by atoms with E-state index in [1.54, 1.807) is 24.3 Å². The molecule has 0 unspecified atom stereocenters. The number of allylic oxidation sites excluding steroid dienone is 1. The van der Waals surface area contributed by atoms with E-state index in [0.29, 0.717) is 11.0 Å². The van der Waals surface area contributed by atoms with Gasteiger partial charge in [-0.15, -0.1) is 0 Å². The van der Waals surface area contributed by atoms with Gasteiger partial charge in [-0.2, -0.15) is 10.5 Å². The molecule has 2 N–H and O–H groups in total. The van der Waals surface area contributed by atoms with E-state index in [0.717, 1.165) is 4.47 Å². The molecule has 0 aliphatic heterocycles. The normalized spacial score (nSPS) is 11.4. The summed E-state index contributed by atoms with van der Waals surface area (Å²) in [7, 11) is 0. The highest BCUT2D eigenvalue weighted by Gasteiger charge is 2.20. The van der Waals surface area contributed by atoms with Crippen LogP contribution in [0.1, 0.15) is 12.7 Å². The zero-order chi connectivity index (χ0) is 15.6. The highest BCUT2D eigenvalue weighted by atomic mass is 79.9. The summed E-state index contributed by atoms with van der Waals surface area (Å²) >= 11 is 3.29. The molecule has 1 aromatic heterocycles. The van der Waals surface area contributed by atoms with Gasteiger partial charge in [-0.3, -0.25) is 4.79 Å². The van der Waals surface area contributed by atoms with Crippen molar-refractivity contribution in [2.24, 2.45) is 0 Å². The number of carbonyl (C=O) groups excluding carboxylic acids is 1. The van der Waals surface area contributed by atoms with E-state index in [1.165, 1.54) is 6.92 Å². The summed E-state index contributed by atoms with van der Waals surface area (Å²) in [5.74, 6) is -1.29. The number of rotatable bonds is 2. The molecule has 0 fully saturated rings. The zero-order valence-corrected chi connectivity index (χ0v) is 12.4. The molecule has 7 heteroatoms. The number of aliphatic hydroxyl groups excluding tert-OH is 1. The maximum atomic E-state index is 12.0. The minimum Gasteiger partial charge on any atom is -0.511 e. The molecule has 0 radical (unpaired) electrons. The van der Waals surface area contributed by atoms with Crippen LogP contribution >= 0.6 is 15.9 Å². The molecule has 1 amide bonds. The van der Waals surface area contributed by atoms with Crippen molar-refractivity contribution in [3.05, 3.63) is 39.8 Å². The van der Waals surface area contributed by atoms with Crippen LogP contribution in [0, 0.1) is 22.7 Å². The Labute approximate surface area is 128 Å². The number of carbonyl (C=O) groups is 1. The third kappa shape index (κ3) is 2.73. The smallest absolute Gasteiger partial charge is 0.269 e. The molecule has 0 aliphatic rings. The van der Waals surface area contributed by atoms with Gasteiger partial charge in [0.1, 0.15) is 29.2 Å². The zero-order valence-electron chi connectivity index (χ0n) is 10.8. The molecule has 0 aliphatic carbocycles. The topological polar surface area (TPSA) is 110 Å². The molecular formula is C14H8BrN3O3. The number of halogens is 1. The summed E-state index contributed by atoms with van der Waals surface area (Å²) in [5, 5.41) is 30.2. The molecule has 2 rings (SSSR count). The van der Waals surface area contributed by atoms with Crippen LogP contribution < -0.4 is 5.32 Å². The second-order valence-electron chi connectivity index (χ2n) is 4.08. The summed E-state index contributed by atoms with van der Waals surface area (Å²) in [6, 6.07) is 8.50. The Morgan fingerprint density at radius 3 is 2.71 bits per heavy atom. The van der Waals surface area contributed by atoms with E-state index in [1.807, 2.05) is 6.07 Å². The molecule has 0 saturated carbocycles. The summed E-state index contributed by atoms with van der Waals surface area (Å²) in [6.45, 7) is 1.23. The number of nitrogens with one attached hydrogen (secondary N) is 1. The number of hydrogen-bond acceptors (Lipinski definition) is 5. The molecule has 0 spiro atoms. The van der Waals surface area contributed by atoms with Crippen molar-refractivity contribution in [2.75, 3.05) is 5.32 Å². The van der Waals surface area contributed by atoms with Crippen LogP contribution in [0.5, 0.6) is 0 Å². The fourth-order valence-electron chi connectivity index (χ4n) is 1.74. The number of amides is 1. The predicted molar refractivity (Wildman–Crippen MR) is 78.2 cm³/mol. The van der Waals surface area contributed by atoms with Crippen LogP contribution in [-0.2, 0) is 4.79 Å². The van der Waals surface area contributed by atoms with E-state index in [4.69, 9.17) is 14.9 Å². The van der Waals surface area contributed by atoms with Gasteiger partial charge in [0, 0.05) is 9.86 Å². The largest absolute Gasteiger partial charge is 0.511 e. The highest BCUT2D eigenvalue weighted by Crippen LogP contribution is 2.32. The SMILES string of the molecule is C/C(O)=C(/C#N)C(=O)Nc1c(C#N)oc2ccc(Br)cc12. The molecule has 6 nitrogen and oxygen atoms in total. The van der Waals surface area contributed by atoms with Gasteiger partial charge in [0.15, 0.2) is 5.57 Å². The molecule has 1 heterocycles. The van der Waals surface area contributed by atoms with Gasteiger partial charge in [0.05, 0.1) is 0 Å². The van der Waals surface area contributed by atoms with Crippen molar-refractivity contribution in [1.82, 2.24) is 0 Å². The van der Waals surface area contributed by atoms with Crippen LogP contribution in [0.3, 0.4) is 0 Å². The van der Waals surface area contributed by atoms with E-state index < -0.39 is 17.2 Å². The molecular weight excluding hydrogens is 338 g/mol. The lowest BCUT2D eigenvalue weighted by molar-refractivity contribution is -0.112. The van der Waals surface area contributed by atoms with E-state index in [9.17, 15) is 9.90 Å². The second-order valence-corrected chi connectivity index (χ2v) is 5.00. The van der Waals surface area contributed by atoms with Gasteiger partial charge in [0.25, 0.3) is 5.91 Å². The number of aliphatic hydroxyl groups is 1. The molecule has 0 saturated heterocycles. The quantitative estimate of drug-likeness (QED) is 0.492. The number of nitrogens with zero attached hydrogens (tertiary/aromatic N) is 2. The second kappa shape index (κ2) is 5.70. The lowest BCUT2D eigenvalue weighted by Crippen LogP contribution is -2.15. The summed E-state index contributed by atoms with van der Waals surface area (Å²) in [6.07, 6.45) is 0. The molecule has 0 bridgehead atoms. The van der Waals surface area contributed by atoms with Gasteiger partial charge in [-0.25, -0.2) is 0 Å². The van der Waals surface area contributed by atoms with Crippen molar-refractivity contribution in [1.29, 1.82) is 10.5 Å². The molecule has 104 valence electrons. The van der Waals surface area contributed by atoms with Gasteiger partial charge >= 0.3 is 0 Å². The van der Waals surface area contributed by atoms with Crippen molar-refractivity contribution in [3.8, 4) is 12.1 Å². The summed E-state index contributed by atoms with van der Waals surface area (Å²) in [5.41, 5.74) is 0.157. The Hall–Kier alpha value is -2.77. The van der Waals surface area contributed by atoms with Crippen LogP contribution in [0.4, 0.5) is 5.69 Å². The van der Waals surface area contributed by atoms with Crippen LogP contribution in [-0.4, -0.2) is 11.0 Å². The highest BCUT2D eigenvalue weighted by molar-refractivity contribution is 9.10. The summed E-state index contributed by atoms with van der Waals surface area (Å²) < 4.78 is 6.06. The lowest BCUT2D eigenvalue weighted by Gasteiger charge is -2.03. The lowest BCUT2D eigenvalue weighted by atomic mass is 10.2. The first kappa shape index (κ1) is 14.6. The third-order valence-electron chi connectivity index (χ3n) is 2.69. The average Bonchev–Trinajstić information content (AvgIpc) is 2.76. The van der Waals surface area contributed by atoms with E-state index in [2.05, 4.69) is 21.2 Å². The molecule has 2 aromatic rings. The Morgan fingerprint density at radius 1 is 1.43 bits per heavy atom. The Balaban J connectivity index is 2.55. The van der Waals surface area contributed by atoms with Crippen LogP contribution in [0.25, 0.3) is 11.0 Å². The average molecular weight is 346 g/mol. The maximum absolute atomic E-state index is 12.0. The number of benzene rings is 1. The number of hydrogen-bond donors (Lipinski definition) is 2. The number of furan rings is 1. The minimum absolute atomic E-state index is 0.0793. The van der Waals surface area contributed by atoms with Gasteiger partial charge < -0.3 is 14.8 Å². The van der Waals surface area contributed by atoms with Crippen LogP contribution in [0.15, 0.2) is 38.4 Å². The van der Waals surface area contributed by atoms with Gasteiger partial charge in [-0.1, -0.05) is 15.9 Å². The first-order valence-corrected chi connectivity index (χ1v) is 6.50. The maximum Gasteiger partial charge on any atom is 0.269 e. The van der Waals surface area contributed by atoms with Crippen molar-refractivity contribution in [2.45, 2.75) is 6.92 Å². The standard InChI is InChI=1S/C14H8BrN3O3/c1-7(19)10(5-16)14(20)18-13-9-4-8(15)2-3-11(9)21-12(13)6-17/h2-4,19H,1H3,(H,18,20)/b10-7+. The fraction of sp³-hybridized carbons (Fsp3) is 0.0714. The third-order valence-corrected chi connectivity index (χ3v) is 3.18. The summed E-state index contributed by atoms with van der Waals surface area (Å²) in [4.78, 5) is 12.0. The van der Waals surface area contributed by atoms with Crippen LogP contribution in [0.2, 0.25) is 0 Å². The van der Waals surface area contributed by atoms with E-state index >= 15 is 0 Å². The van der Waals surface area contributed by atoms with Crippen molar-refractivity contribution < 1.29 is 14.3 Å². The number of fused-ring (bicyclic) bond motifs is 1. The first-order chi connectivity index (χ1) is 9.97. The Morgan fingerprint density at radius 2 is 2.14 bits per heavy atom. The number of anilines is 1. The fourth-order valence-corrected chi connectivity index (χ4v) is 2.11. The predicted octanol–water partition coefficient (Wildman–Crippen LogP) is 3.36. The minimum atomic E-state index is -0.809. The van der Waals surface area contributed by atoms with E-state index in [-0.39, 0.29) is 11.4 Å². The molecule has 21 heavy (non-hydrogen) atoms. The van der Waals surface area contributed by atoms with Gasteiger partial charge in [-0.05, 0) is 25.1 Å².